The summed E-state index contributed by atoms with van der Waals surface area (Å²) in [5, 5.41) is 10.9. The second-order valence-corrected chi connectivity index (χ2v) is 13.2. The fourth-order valence-corrected chi connectivity index (χ4v) is 9.36. The Balaban J connectivity index is 1.62. The molecule has 1 unspecified atom stereocenters. The number of rotatable bonds is 4. The molecule has 1 heterocycles. The number of aliphatic hydroxyl groups excluding tert-OH is 1. The van der Waals surface area contributed by atoms with Gasteiger partial charge in [-0.05, 0) is 81.4 Å². The van der Waals surface area contributed by atoms with Crippen LogP contribution in [0.4, 0.5) is 13.2 Å². The van der Waals surface area contributed by atoms with Gasteiger partial charge in [0.1, 0.15) is 12.2 Å². The first-order valence-electron chi connectivity index (χ1n) is 13.3. The molecule has 4 fully saturated rings. The quantitative estimate of drug-likeness (QED) is 0.507. The molecule has 38 heavy (non-hydrogen) atoms. The Morgan fingerprint density at radius 2 is 1.95 bits per heavy atom. The number of esters is 1. The summed E-state index contributed by atoms with van der Waals surface area (Å²) in [6, 6.07) is -1.05. The van der Waals surface area contributed by atoms with Gasteiger partial charge >= 0.3 is 5.97 Å². The van der Waals surface area contributed by atoms with Crippen molar-refractivity contribution in [3.8, 4) is 0 Å². The Hall–Kier alpha value is -1.65. The van der Waals surface area contributed by atoms with Gasteiger partial charge in [0, 0.05) is 29.3 Å². The van der Waals surface area contributed by atoms with Crippen molar-refractivity contribution in [3.05, 3.63) is 23.8 Å². The number of hydrogen-bond donors (Lipinski definition) is 1. The first-order valence-corrected chi connectivity index (χ1v) is 14.3. The third-order valence-electron chi connectivity index (χ3n) is 10.6. The third kappa shape index (κ3) is 3.38. The standard InChI is InChI=1S/C28H35F3O6S/c1-15-10-17-18-12-20(30)19-11-16(32)6-8-24(19,2)27(18,31)21(33)13-25(17,3)28(15,23(35)38-14-29)37-22(34)26(4)7-5-9-36-26/h6,8,11,15,17-18,20-21,33H,5,7,9-10,12-14H2,1-4H3/t15-,17+,18+,20+,21+,24+,25+,26?,27+,28+/m1/s1. The summed E-state index contributed by atoms with van der Waals surface area (Å²) in [6.45, 7) is 6.83. The van der Waals surface area contributed by atoms with Crippen LogP contribution in [0.25, 0.3) is 0 Å². The summed E-state index contributed by atoms with van der Waals surface area (Å²) < 4.78 is 58.5. The maximum atomic E-state index is 17.4. The highest BCUT2D eigenvalue weighted by molar-refractivity contribution is 8.13. The van der Waals surface area contributed by atoms with Gasteiger partial charge in [-0.1, -0.05) is 19.9 Å². The van der Waals surface area contributed by atoms with Crippen LogP contribution in [0.15, 0.2) is 23.8 Å². The van der Waals surface area contributed by atoms with E-state index in [-0.39, 0.29) is 24.8 Å². The number of halogens is 3. The van der Waals surface area contributed by atoms with Gasteiger partial charge in [-0.3, -0.25) is 9.59 Å². The molecule has 0 spiro atoms. The van der Waals surface area contributed by atoms with Crippen LogP contribution in [0, 0.1) is 28.6 Å². The minimum Gasteiger partial charge on any atom is -0.447 e. The van der Waals surface area contributed by atoms with Gasteiger partial charge in [0.25, 0.3) is 0 Å². The van der Waals surface area contributed by atoms with Crippen molar-refractivity contribution in [2.45, 2.75) is 88.9 Å². The molecule has 0 aromatic heterocycles. The van der Waals surface area contributed by atoms with Crippen molar-refractivity contribution < 1.29 is 42.1 Å². The molecule has 1 N–H and O–H groups in total. The van der Waals surface area contributed by atoms with E-state index in [1.54, 1.807) is 20.8 Å². The predicted octanol–water partition coefficient (Wildman–Crippen LogP) is 4.59. The maximum Gasteiger partial charge on any atom is 0.339 e. The first kappa shape index (κ1) is 27.9. The smallest absolute Gasteiger partial charge is 0.339 e. The van der Waals surface area contributed by atoms with Crippen molar-refractivity contribution in [2.75, 3.05) is 12.6 Å². The number of alkyl halides is 3. The number of ether oxygens (including phenoxy) is 2. The zero-order valence-corrected chi connectivity index (χ0v) is 22.9. The highest BCUT2D eigenvalue weighted by Gasteiger charge is 2.78. The number of thioether (sulfide) groups is 1. The highest BCUT2D eigenvalue weighted by Crippen LogP contribution is 2.72. The number of ketones is 1. The molecule has 3 saturated carbocycles. The van der Waals surface area contributed by atoms with Crippen molar-refractivity contribution in [1.29, 1.82) is 0 Å². The van der Waals surface area contributed by atoms with Gasteiger partial charge in [-0.25, -0.2) is 18.0 Å². The lowest BCUT2D eigenvalue weighted by Gasteiger charge is -2.63. The van der Waals surface area contributed by atoms with Gasteiger partial charge in [-0.2, -0.15) is 0 Å². The van der Waals surface area contributed by atoms with Crippen LogP contribution in [-0.4, -0.2) is 63.7 Å². The molecular weight excluding hydrogens is 521 g/mol. The molecule has 10 heteroatoms. The average molecular weight is 557 g/mol. The third-order valence-corrected chi connectivity index (χ3v) is 11.2. The van der Waals surface area contributed by atoms with Gasteiger partial charge in [0.05, 0.1) is 6.10 Å². The molecule has 0 aromatic rings. The van der Waals surface area contributed by atoms with Crippen LogP contribution in [0.2, 0.25) is 0 Å². The van der Waals surface area contributed by atoms with Crippen LogP contribution in [0.5, 0.6) is 0 Å². The van der Waals surface area contributed by atoms with Gasteiger partial charge in [0.2, 0.25) is 5.12 Å². The van der Waals surface area contributed by atoms with E-state index in [9.17, 15) is 23.9 Å². The number of allylic oxidation sites excluding steroid dienone is 4. The van der Waals surface area contributed by atoms with E-state index in [0.29, 0.717) is 31.2 Å². The van der Waals surface area contributed by atoms with Crippen molar-refractivity contribution in [3.63, 3.8) is 0 Å². The lowest BCUT2D eigenvalue weighted by Crippen LogP contribution is -2.71. The van der Waals surface area contributed by atoms with E-state index in [1.807, 2.05) is 0 Å². The number of hydrogen-bond acceptors (Lipinski definition) is 7. The Morgan fingerprint density at radius 1 is 1.24 bits per heavy atom. The van der Waals surface area contributed by atoms with E-state index in [4.69, 9.17) is 9.47 Å². The van der Waals surface area contributed by atoms with Gasteiger partial charge in [0.15, 0.2) is 22.7 Å². The molecule has 5 aliphatic rings. The normalized spacial score (nSPS) is 49.6. The minimum absolute atomic E-state index is 0.00510. The summed E-state index contributed by atoms with van der Waals surface area (Å²) >= 11 is 0.386. The van der Waals surface area contributed by atoms with Crippen LogP contribution < -0.4 is 0 Å². The zero-order chi connectivity index (χ0) is 27.9. The highest BCUT2D eigenvalue weighted by atomic mass is 32.2. The molecule has 10 atom stereocenters. The number of carbonyl (C=O) groups is 3. The van der Waals surface area contributed by atoms with E-state index in [2.05, 4.69) is 0 Å². The predicted molar refractivity (Wildman–Crippen MR) is 134 cm³/mol. The largest absolute Gasteiger partial charge is 0.447 e. The fourth-order valence-electron chi connectivity index (χ4n) is 8.57. The SMILES string of the molecule is C[C@@H]1C[C@H]2[C@@H]3C[C@H](F)C4=CC(=O)C=C[C@]4(C)[C@@]3(F)[C@@H](O)C[C@]2(C)[C@@]1(OC(=O)C1(C)CCCO1)C(=O)SCF. The molecular formula is C28H35F3O6S. The molecule has 4 aliphatic carbocycles. The summed E-state index contributed by atoms with van der Waals surface area (Å²) in [5.41, 5.74) is -8.35. The fraction of sp³-hybridized carbons (Fsp3) is 0.750. The summed E-state index contributed by atoms with van der Waals surface area (Å²) in [7, 11) is 0. The van der Waals surface area contributed by atoms with Crippen LogP contribution in [0.3, 0.4) is 0 Å². The van der Waals surface area contributed by atoms with E-state index in [1.165, 1.54) is 19.1 Å². The van der Waals surface area contributed by atoms with Gasteiger partial charge < -0.3 is 14.6 Å². The van der Waals surface area contributed by atoms with Crippen molar-refractivity contribution in [2.24, 2.45) is 28.6 Å². The monoisotopic (exact) mass is 556 g/mol. The summed E-state index contributed by atoms with van der Waals surface area (Å²) in [4.78, 5) is 39.3. The molecule has 0 bridgehead atoms. The molecule has 0 amide bonds. The molecule has 0 aromatic carbocycles. The topological polar surface area (TPSA) is 89.9 Å². The zero-order valence-electron chi connectivity index (χ0n) is 22.1. The average Bonchev–Trinajstić information content (AvgIpc) is 3.39. The van der Waals surface area contributed by atoms with Gasteiger partial charge in [-0.15, -0.1) is 0 Å². The Bertz CT molecular complexity index is 1120. The molecule has 210 valence electrons. The van der Waals surface area contributed by atoms with E-state index < -0.39 is 80.6 Å². The van der Waals surface area contributed by atoms with E-state index >= 15 is 8.78 Å². The molecule has 6 nitrogen and oxygen atoms in total. The lowest BCUT2D eigenvalue weighted by atomic mass is 9.44. The van der Waals surface area contributed by atoms with Crippen LogP contribution in [0.1, 0.15) is 59.8 Å². The van der Waals surface area contributed by atoms with E-state index in [0.717, 1.165) is 6.08 Å². The second kappa shape index (κ2) is 8.93. The molecule has 1 saturated heterocycles. The van der Waals surface area contributed by atoms with Crippen molar-refractivity contribution in [1.82, 2.24) is 0 Å². The molecule has 1 aliphatic heterocycles. The number of fused-ring (bicyclic) bond motifs is 5. The second-order valence-electron chi connectivity index (χ2n) is 12.3. The Morgan fingerprint density at radius 3 is 2.58 bits per heavy atom. The Labute approximate surface area is 224 Å². The molecule has 5 rings (SSSR count). The lowest BCUT2D eigenvalue weighted by molar-refractivity contribution is -0.233. The summed E-state index contributed by atoms with van der Waals surface area (Å²) in [6.07, 6.45) is 1.05. The van der Waals surface area contributed by atoms with Crippen LogP contribution >= 0.6 is 11.8 Å². The Kier molecular flexibility index (Phi) is 6.56. The molecule has 0 radical (unpaired) electrons. The van der Waals surface area contributed by atoms with Crippen LogP contribution in [-0.2, 0) is 23.9 Å². The number of aliphatic hydroxyl groups is 1. The minimum atomic E-state index is -2.33. The maximum absolute atomic E-state index is 17.4. The first-order chi connectivity index (χ1) is 17.7. The number of carbonyl (C=O) groups excluding carboxylic acids is 3. The van der Waals surface area contributed by atoms with Crippen molar-refractivity contribution >= 4 is 28.6 Å². The summed E-state index contributed by atoms with van der Waals surface area (Å²) in [5.74, 6) is -3.55.